The van der Waals surface area contributed by atoms with Crippen LogP contribution in [0.4, 0.5) is 5.69 Å². The minimum atomic E-state index is -1.16. The average Bonchev–Trinajstić information content (AvgIpc) is 2.31. The molecule has 0 aliphatic rings. The number of anilines is 1. The molecule has 104 valence electrons. The van der Waals surface area contributed by atoms with Gasteiger partial charge in [-0.1, -0.05) is 11.6 Å². The fraction of sp³-hybridized carbons (Fsp3) is 0.385. The predicted octanol–water partition coefficient (Wildman–Crippen LogP) is 2.13. The molecule has 0 aromatic heterocycles. The largest absolute Gasteiger partial charge is 0.480 e. The van der Waals surface area contributed by atoms with Crippen LogP contribution in [0.25, 0.3) is 0 Å². The number of carbonyl (C=O) groups excluding carboxylic acids is 1. The number of carboxylic acids is 1. The molecular formula is C13H17ClN2O3. The van der Waals surface area contributed by atoms with Crippen LogP contribution in [0.2, 0.25) is 5.02 Å². The molecule has 0 heterocycles. The molecule has 0 aliphatic heterocycles. The monoisotopic (exact) mass is 284 g/mol. The van der Waals surface area contributed by atoms with E-state index in [4.69, 9.17) is 17.3 Å². The third-order valence-corrected chi connectivity index (χ3v) is 3.26. The number of primary amides is 1. The lowest BCUT2D eigenvalue weighted by molar-refractivity contribution is -0.142. The summed E-state index contributed by atoms with van der Waals surface area (Å²) >= 11 is 5.84. The molecule has 6 heteroatoms. The van der Waals surface area contributed by atoms with Gasteiger partial charge in [0, 0.05) is 11.6 Å². The first kappa shape index (κ1) is 15.3. The first-order chi connectivity index (χ1) is 8.71. The minimum absolute atomic E-state index is 0.212. The van der Waals surface area contributed by atoms with Crippen molar-refractivity contribution in [3.63, 3.8) is 0 Å². The van der Waals surface area contributed by atoms with E-state index >= 15 is 0 Å². The number of amides is 1. The van der Waals surface area contributed by atoms with Crippen molar-refractivity contribution in [3.8, 4) is 0 Å². The lowest BCUT2D eigenvalue weighted by Gasteiger charge is -2.37. The van der Waals surface area contributed by atoms with Crippen LogP contribution in [0, 0.1) is 0 Å². The van der Waals surface area contributed by atoms with Crippen molar-refractivity contribution in [1.82, 2.24) is 0 Å². The van der Waals surface area contributed by atoms with Gasteiger partial charge in [0.1, 0.15) is 5.54 Å². The van der Waals surface area contributed by atoms with E-state index in [1.807, 2.05) is 6.92 Å². The summed E-state index contributed by atoms with van der Waals surface area (Å²) in [5.74, 6) is -1.63. The normalized spacial score (nSPS) is 11.2. The molecule has 0 atom stereocenters. The van der Waals surface area contributed by atoms with Crippen molar-refractivity contribution in [2.24, 2.45) is 5.73 Å². The Balaban J connectivity index is 3.42. The van der Waals surface area contributed by atoms with Gasteiger partial charge in [-0.25, -0.2) is 4.79 Å². The number of carbonyl (C=O) groups is 2. The summed E-state index contributed by atoms with van der Waals surface area (Å²) in [4.78, 5) is 24.4. The topological polar surface area (TPSA) is 83.6 Å². The van der Waals surface area contributed by atoms with Gasteiger partial charge in [0.05, 0.1) is 11.3 Å². The van der Waals surface area contributed by atoms with Gasteiger partial charge >= 0.3 is 5.97 Å². The number of nitrogens with two attached hydrogens (primary N) is 1. The number of halogens is 1. The molecule has 5 nitrogen and oxygen atoms in total. The van der Waals surface area contributed by atoms with Gasteiger partial charge in [-0.3, -0.25) is 4.79 Å². The molecule has 0 spiro atoms. The number of aliphatic carboxylic acids is 1. The Morgan fingerprint density at radius 1 is 1.42 bits per heavy atom. The molecule has 0 unspecified atom stereocenters. The maximum Gasteiger partial charge on any atom is 0.328 e. The van der Waals surface area contributed by atoms with Crippen molar-refractivity contribution in [2.75, 3.05) is 11.4 Å². The van der Waals surface area contributed by atoms with Crippen LogP contribution < -0.4 is 10.6 Å². The van der Waals surface area contributed by atoms with Gasteiger partial charge < -0.3 is 15.7 Å². The van der Waals surface area contributed by atoms with E-state index in [0.717, 1.165) is 0 Å². The third-order valence-electron chi connectivity index (χ3n) is 3.03. The Morgan fingerprint density at radius 3 is 2.42 bits per heavy atom. The van der Waals surface area contributed by atoms with Crippen LogP contribution in [0.3, 0.4) is 0 Å². The molecule has 0 saturated heterocycles. The predicted molar refractivity (Wildman–Crippen MR) is 74.7 cm³/mol. The second kappa shape index (κ2) is 5.48. The van der Waals surface area contributed by atoms with E-state index in [1.54, 1.807) is 30.9 Å². The molecular weight excluding hydrogens is 268 g/mol. The Labute approximate surface area is 117 Å². The number of nitrogens with zero attached hydrogens (tertiary/aromatic N) is 1. The van der Waals surface area contributed by atoms with Crippen molar-refractivity contribution >= 4 is 29.2 Å². The van der Waals surface area contributed by atoms with Crippen molar-refractivity contribution < 1.29 is 14.7 Å². The summed E-state index contributed by atoms with van der Waals surface area (Å²) in [6.45, 7) is 5.36. The Bertz CT molecular complexity index is 515. The molecule has 0 bridgehead atoms. The van der Waals surface area contributed by atoms with Crippen LogP contribution in [-0.4, -0.2) is 29.1 Å². The van der Waals surface area contributed by atoms with Gasteiger partial charge in [0.15, 0.2) is 0 Å². The summed E-state index contributed by atoms with van der Waals surface area (Å²) < 4.78 is 0. The van der Waals surface area contributed by atoms with E-state index in [9.17, 15) is 14.7 Å². The lowest BCUT2D eigenvalue weighted by atomic mass is 10.00. The first-order valence-electron chi connectivity index (χ1n) is 5.82. The Kier molecular flexibility index (Phi) is 4.42. The first-order valence-corrected chi connectivity index (χ1v) is 6.20. The van der Waals surface area contributed by atoms with Crippen LogP contribution in [-0.2, 0) is 4.79 Å². The van der Waals surface area contributed by atoms with Crippen molar-refractivity contribution in [2.45, 2.75) is 26.3 Å². The van der Waals surface area contributed by atoms with E-state index in [0.29, 0.717) is 17.3 Å². The summed E-state index contributed by atoms with van der Waals surface area (Å²) in [5, 5.41) is 9.68. The number of benzene rings is 1. The molecule has 0 aliphatic carbocycles. The van der Waals surface area contributed by atoms with Crippen LogP contribution in [0.5, 0.6) is 0 Å². The van der Waals surface area contributed by atoms with Gasteiger partial charge in [-0.05, 0) is 39.0 Å². The summed E-state index contributed by atoms with van der Waals surface area (Å²) in [7, 11) is 0. The van der Waals surface area contributed by atoms with Crippen LogP contribution in [0.15, 0.2) is 18.2 Å². The smallest absolute Gasteiger partial charge is 0.328 e. The van der Waals surface area contributed by atoms with Crippen molar-refractivity contribution in [1.29, 1.82) is 0 Å². The molecule has 0 radical (unpaired) electrons. The van der Waals surface area contributed by atoms with E-state index < -0.39 is 17.4 Å². The molecule has 19 heavy (non-hydrogen) atoms. The minimum Gasteiger partial charge on any atom is -0.480 e. The number of hydrogen-bond acceptors (Lipinski definition) is 3. The molecule has 1 rings (SSSR count). The van der Waals surface area contributed by atoms with Crippen molar-refractivity contribution in [3.05, 3.63) is 28.8 Å². The van der Waals surface area contributed by atoms with Crippen LogP contribution in [0.1, 0.15) is 31.1 Å². The highest BCUT2D eigenvalue weighted by atomic mass is 35.5. The number of carboxylic acid groups (broad SMARTS) is 1. The summed E-state index contributed by atoms with van der Waals surface area (Å²) in [6, 6.07) is 4.65. The maximum absolute atomic E-state index is 11.5. The van der Waals surface area contributed by atoms with Gasteiger partial charge in [-0.15, -0.1) is 0 Å². The lowest BCUT2D eigenvalue weighted by Crippen LogP contribution is -2.51. The average molecular weight is 285 g/mol. The SMILES string of the molecule is CCN(c1ccc(Cl)cc1C(N)=O)C(C)(C)C(=O)O. The van der Waals surface area contributed by atoms with Gasteiger partial charge in [0.2, 0.25) is 0 Å². The van der Waals surface area contributed by atoms with E-state index in [1.165, 1.54) is 6.07 Å². The summed E-state index contributed by atoms with van der Waals surface area (Å²) in [5.41, 5.74) is 4.84. The fourth-order valence-electron chi connectivity index (χ4n) is 1.92. The Morgan fingerprint density at radius 2 is 2.00 bits per heavy atom. The zero-order chi connectivity index (χ0) is 14.8. The molecule has 0 fully saturated rings. The summed E-state index contributed by atoms with van der Waals surface area (Å²) in [6.07, 6.45) is 0. The zero-order valence-corrected chi connectivity index (χ0v) is 11.9. The van der Waals surface area contributed by atoms with Crippen LogP contribution >= 0.6 is 11.6 Å². The number of hydrogen-bond donors (Lipinski definition) is 2. The highest BCUT2D eigenvalue weighted by Gasteiger charge is 2.35. The van der Waals surface area contributed by atoms with Gasteiger partial charge in [0.25, 0.3) is 5.91 Å². The molecule has 1 aromatic rings. The standard InChI is InChI=1S/C13H17ClN2O3/c1-4-16(13(2,3)12(18)19)10-6-5-8(14)7-9(10)11(15)17/h5-7H,4H2,1-3H3,(H2,15,17)(H,18,19). The quantitative estimate of drug-likeness (QED) is 0.867. The second-order valence-corrected chi connectivity index (χ2v) is 5.07. The number of rotatable bonds is 5. The van der Waals surface area contributed by atoms with Gasteiger partial charge in [-0.2, -0.15) is 0 Å². The van der Waals surface area contributed by atoms with E-state index in [2.05, 4.69) is 0 Å². The number of likely N-dealkylation sites (N-methyl/N-ethyl adjacent to an activating group) is 1. The second-order valence-electron chi connectivity index (χ2n) is 4.63. The molecule has 1 aromatic carbocycles. The molecule has 0 saturated carbocycles. The zero-order valence-electron chi connectivity index (χ0n) is 11.1. The highest BCUT2D eigenvalue weighted by molar-refractivity contribution is 6.31. The van der Waals surface area contributed by atoms with E-state index in [-0.39, 0.29) is 5.56 Å². The third kappa shape index (κ3) is 2.98. The fourth-order valence-corrected chi connectivity index (χ4v) is 2.10. The Hall–Kier alpha value is -1.75. The molecule has 3 N–H and O–H groups in total. The maximum atomic E-state index is 11.5. The highest BCUT2D eigenvalue weighted by Crippen LogP contribution is 2.29. The molecule has 1 amide bonds.